The molecule has 132 valence electrons. The zero-order chi connectivity index (χ0) is 17.0. The van der Waals surface area contributed by atoms with E-state index in [1.54, 1.807) is 0 Å². The highest BCUT2D eigenvalue weighted by atomic mass is 32.2. The average Bonchev–Trinajstić information content (AvgIpc) is 2.75. The lowest BCUT2D eigenvalue weighted by Gasteiger charge is -2.26. The molecule has 2 aliphatic heterocycles. The molecule has 1 aromatic rings. The van der Waals surface area contributed by atoms with Crippen LogP contribution in [0.25, 0.3) is 0 Å². The Bertz CT molecular complexity index is 655. The van der Waals surface area contributed by atoms with Crippen LogP contribution < -0.4 is 0 Å². The van der Waals surface area contributed by atoms with E-state index >= 15 is 0 Å². The Morgan fingerprint density at radius 2 is 1.79 bits per heavy atom. The number of benzene rings is 1. The average molecular weight is 353 g/mol. The number of carbonyl (C=O) groups is 1. The van der Waals surface area contributed by atoms with E-state index < -0.39 is 21.2 Å². The van der Waals surface area contributed by atoms with Crippen molar-refractivity contribution in [3.8, 4) is 0 Å². The van der Waals surface area contributed by atoms with Crippen LogP contribution in [0.1, 0.15) is 30.1 Å². The second-order valence-electron chi connectivity index (χ2n) is 6.24. The molecule has 3 rings (SSSR count). The summed E-state index contributed by atoms with van der Waals surface area (Å²) < 4.78 is 35.9. The second-order valence-corrected chi connectivity index (χ2v) is 8.54. The summed E-state index contributed by atoms with van der Waals surface area (Å²) in [5.41, 5.74) is 0.789. The topological polar surface area (TPSA) is 72.9 Å². The minimum Gasteiger partial charge on any atom is -0.446 e. The number of sulfone groups is 1. The molecule has 1 unspecified atom stereocenters. The quantitative estimate of drug-likeness (QED) is 0.815. The Hall–Kier alpha value is -1.60. The monoisotopic (exact) mass is 353 g/mol. The minimum absolute atomic E-state index is 0.0323. The highest BCUT2D eigenvalue weighted by Gasteiger charge is 2.33. The van der Waals surface area contributed by atoms with Crippen LogP contribution in [0.4, 0.5) is 4.79 Å². The zero-order valence-electron chi connectivity index (χ0n) is 13.6. The molecule has 2 aliphatic rings. The van der Waals surface area contributed by atoms with Crippen molar-refractivity contribution >= 4 is 15.9 Å². The highest BCUT2D eigenvalue weighted by Crippen LogP contribution is 2.29. The lowest BCUT2D eigenvalue weighted by molar-refractivity contribution is -0.00962. The van der Waals surface area contributed by atoms with E-state index in [0.29, 0.717) is 39.0 Å². The number of amides is 1. The Kier molecular flexibility index (Phi) is 5.40. The molecule has 7 heteroatoms. The number of nitrogens with zero attached hydrogens (tertiary/aromatic N) is 1. The van der Waals surface area contributed by atoms with Crippen LogP contribution in [0.2, 0.25) is 0 Å². The summed E-state index contributed by atoms with van der Waals surface area (Å²) in [4.78, 5) is 13.9. The molecule has 2 saturated heterocycles. The highest BCUT2D eigenvalue weighted by molar-refractivity contribution is 7.91. The molecule has 6 nitrogen and oxygen atoms in total. The number of carbonyl (C=O) groups excluding carboxylic acids is 1. The molecule has 1 atom stereocenters. The standard InChI is InChI=1S/C17H23NO5S/c19-17(23-15-7-11-22-12-8-15)18-9-6-16(24(20,21)13-10-18)14-4-2-1-3-5-14/h1-5,15-16H,6-13H2. The first-order chi connectivity index (χ1) is 11.6. The fourth-order valence-corrected chi connectivity index (χ4v) is 4.98. The maximum atomic E-state index is 12.6. The predicted molar refractivity (Wildman–Crippen MR) is 89.5 cm³/mol. The van der Waals surface area contributed by atoms with E-state index in [1.807, 2.05) is 30.3 Å². The summed E-state index contributed by atoms with van der Waals surface area (Å²) in [5.74, 6) is -0.0323. The van der Waals surface area contributed by atoms with Gasteiger partial charge in [0, 0.05) is 25.9 Å². The van der Waals surface area contributed by atoms with Gasteiger partial charge >= 0.3 is 6.09 Å². The first-order valence-corrected chi connectivity index (χ1v) is 10.1. The van der Waals surface area contributed by atoms with Crippen molar-refractivity contribution in [1.29, 1.82) is 0 Å². The summed E-state index contributed by atoms with van der Waals surface area (Å²) in [7, 11) is -3.28. The Morgan fingerprint density at radius 3 is 2.50 bits per heavy atom. The van der Waals surface area contributed by atoms with E-state index in [4.69, 9.17) is 9.47 Å². The summed E-state index contributed by atoms with van der Waals surface area (Å²) in [6.45, 7) is 1.78. The summed E-state index contributed by atoms with van der Waals surface area (Å²) in [6.07, 6.45) is 1.26. The van der Waals surface area contributed by atoms with Crippen LogP contribution in [0.3, 0.4) is 0 Å². The van der Waals surface area contributed by atoms with Gasteiger partial charge in [-0.15, -0.1) is 0 Å². The summed E-state index contributed by atoms with van der Waals surface area (Å²) >= 11 is 0. The molecule has 2 fully saturated rings. The van der Waals surface area contributed by atoms with Crippen LogP contribution in [0, 0.1) is 0 Å². The molecule has 2 heterocycles. The molecular weight excluding hydrogens is 330 g/mol. The van der Waals surface area contributed by atoms with Gasteiger partial charge in [0.05, 0.1) is 24.2 Å². The lowest BCUT2D eigenvalue weighted by Crippen LogP contribution is -2.37. The van der Waals surface area contributed by atoms with Crippen molar-refractivity contribution < 1.29 is 22.7 Å². The molecule has 1 amide bonds. The van der Waals surface area contributed by atoms with Gasteiger partial charge in [-0.05, 0) is 12.0 Å². The van der Waals surface area contributed by atoms with Gasteiger partial charge in [-0.3, -0.25) is 0 Å². The third-order valence-corrected chi connectivity index (χ3v) is 6.73. The van der Waals surface area contributed by atoms with Gasteiger partial charge < -0.3 is 14.4 Å². The number of hydrogen-bond acceptors (Lipinski definition) is 5. The Labute approximate surface area is 142 Å². The van der Waals surface area contributed by atoms with Crippen LogP contribution >= 0.6 is 0 Å². The van der Waals surface area contributed by atoms with Crippen LogP contribution in [0.5, 0.6) is 0 Å². The molecule has 0 spiro atoms. The molecule has 0 N–H and O–H groups in total. The largest absolute Gasteiger partial charge is 0.446 e. The lowest BCUT2D eigenvalue weighted by atomic mass is 10.1. The predicted octanol–water partition coefficient (Wildman–Crippen LogP) is 2.16. The van der Waals surface area contributed by atoms with Crippen LogP contribution in [0.15, 0.2) is 30.3 Å². The van der Waals surface area contributed by atoms with Crippen LogP contribution in [-0.4, -0.2) is 57.6 Å². The van der Waals surface area contributed by atoms with Gasteiger partial charge in [-0.1, -0.05) is 30.3 Å². The fourth-order valence-electron chi connectivity index (χ4n) is 3.18. The van der Waals surface area contributed by atoms with E-state index in [9.17, 15) is 13.2 Å². The van der Waals surface area contributed by atoms with Crippen molar-refractivity contribution in [3.63, 3.8) is 0 Å². The molecule has 0 aliphatic carbocycles. The van der Waals surface area contributed by atoms with Crippen LogP contribution in [-0.2, 0) is 19.3 Å². The van der Waals surface area contributed by atoms with Crippen molar-refractivity contribution in [1.82, 2.24) is 4.90 Å². The number of hydrogen-bond donors (Lipinski definition) is 0. The fraction of sp³-hybridized carbons (Fsp3) is 0.588. The van der Waals surface area contributed by atoms with Crippen molar-refractivity contribution in [2.45, 2.75) is 30.6 Å². The molecule has 1 aromatic carbocycles. The molecule has 0 aromatic heterocycles. The van der Waals surface area contributed by atoms with Crippen molar-refractivity contribution in [2.24, 2.45) is 0 Å². The van der Waals surface area contributed by atoms with Gasteiger partial charge in [0.1, 0.15) is 6.10 Å². The smallest absolute Gasteiger partial charge is 0.410 e. The van der Waals surface area contributed by atoms with Gasteiger partial charge in [0.25, 0.3) is 0 Å². The number of ether oxygens (including phenoxy) is 2. The SMILES string of the molecule is O=C(OC1CCOCC1)N1CCC(c2ccccc2)S(=O)(=O)CC1. The third-order valence-electron chi connectivity index (χ3n) is 4.61. The third kappa shape index (κ3) is 4.08. The molecule has 0 bridgehead atoms. The summed E-state index contributed by atoms with van der Waals surface area (Å²) in [5, 5.41) is -0.556. The molecular formula is C17H23NO5S. The van der Waals surface area contributed by atoms with E-state index in [0.717, 1.165) is 5.56 Å². The van der Waals surface area contributed by atoms with Gasteiger partial charge in [-0.25, -0.2) is 13.2 Å². The first kappa shape index (κ1) is 17.2. The number of rotatable bonds is 2. The molecule has 24 heavy (non-hydrogen) atoms. The summed E-state index contributed by atoms with van der Waals surface area (Å²) in [6, 6.07) is 9.21. The second kappa shape index (κ2) is 7.53. The van der Waals surface area contributed by atoms with E-state index in [-0.39, 0.29) is 18.4 Å². The molecule has 0 saturated carbocycles. The molecule has 0 radical (unpaired) electrons. The van der Waals surface area contributed by atoms with Gasteiger partial charge in [-0.2, -0.15) is 0 Å². The first-order valence-electron chi connectivity index (χ1n) is 8.36. The maximum absolute atomic E-state index is 12.6. The van der Waals surface area contributed by atoms with Crippen molar-refractivity contribution in [2.75, 3.05) is 32.1 Å². The Balaban J connectivity index is 1.66. The Morgan fingerprint density at radius 1 is 1.08 bits per heavy atom. The maximum Gasteiger partial charge on any atom is 0.410 e. The normalized spacial score (nSPS) is 25.0. The van der Waals surface area contributed by atoms with Gasteiger partial charge in [0.15, 0.2) is 9.84 Å². The zero-order valence-corrected chi connectivity index (χ0v) is 14.4. The minimum atomic E-state index is -3.28. The van der Waals surface area contributed by atoms with Crippen molar-refractivity contribution in [3.05, 3.63) is 35.9 Å². The van der Waals surface area contributed by atoms with E-state index in [1.165, 1.54) is 4.90 Å². The van der Waals surface area contributed by atoms with E-state index in [2.05, 4.69) is 0 Å². The van der Waals surface area contributed by atoms with Gasteiger partial charge in [0.2, 0.25) is 0 Å².